The minimum absolute atomic E-state index is 0.0209. The van der Waals surface area contributed by atoms with Crippen LogP contribution in [0, 0.1) is 0 Å². The van der Waals surface area contributed by atoms with Crippen LogP contribution >= 0.6 is 0 Å². The van der Waals surface area contributed by atoms with Gasteiger partial charge in [-0.25, -0.2) is 4.79 Å². The van der Waals surface area contributed by atoms with Crippen molar-refractivity contribution in [2.24, 2.45) is 5.73 Å². The van der Waals surface area contributed by atoms with Crippen LogP contribution in [0.4, 0.5) is 13.2 Å². The highest BCUT2D eigenvalue weighted by molar-refractivity contribution is 5.88. The Morgan fingerprint density at radius 1 is 1.02 bits per heavy atom. The number of ether oxygens (including phenoxy) is 2. The summed E-state index contributed by atoms with van der Waals surface area (Å²) in [6, 6.07) is 15.9. The molecule has 3 aromatic rings. The van der Waals surface area contributed by atoms with Crippen LogP contribution in [-0.4, -0.2) is 121 Å². The van der Waals surface area contributed by atoms with Crippen LogP contribution < -0.4 is 20.5 Å². The Kier molecular flexibility index (Phi) is 14.9. The summed E-state index contributed by atoms with van der Waals surface area (Å²) in [7, 11) is 1.67. The zero-order valence-electron chi connectivity index (χ0n) is 29.1. The van der Waals surface area contributed by atoms with Gasteiger partial charge in [-0.3, -0.25) is 19.8 Å². The third kappa shape index (κ3) is 10.6. The highest BCUT2D eigenvalue weighted by Crippen LogP contribution is 2.45. The molecule has 1 aromatic heterocycles. The van der Waals surface area contributed by atoms with Crippen LogP contribution in [0.2, 0.25) is 0 Å². The number of H-pyrrole nitrogens is 1. The Balaban J connectivity index is 0.000000408. The zero-order chi connectivity index (χ0) is 36.9. The smallest absolute Gasteiger partial charge is 0.490 e. The number of halogens is 3. The summed E-state index contributed by atoms with van der Waals surface area (Å²) in [6.07, 6.45) is -3.51. The number of carboxylic acids is 1. The number of benzene rings is 2. The van der Waals surface area contributed by atoms with Gasteiger partial charge in [0.25, 0.3) is 0 Å². The number of carbonyl (C=O) groups excluding carboxylic acids is 2. The van der Waals surface area contributed by atoms with E-state index in [4.69, 9.17) is 25.1 Å². The van der Waals surface area contributed by atoms with Gasteiger partial charge in [-0.2, -0.15) is 13.2 Å². The van der Waals surface area contributed by atoms with Crippen LogP contribution in [0.15, 0.2) is 48.5 Å². The van der Waals surface area contributed by atoms with E-state index in [0.29, 0.717) is 19.7 Å². The third-order valence-electron chi connectivity index (χ3n) is 8.89. The molecule has 2 amide bonds. The maximum absolute atomic E-state index is 13.4. The van der Waals surface area contributed by atoms with E-state index in [1.807, 2.05) is 47.4 Å². The lowest BCUT2D eigenvalue weighted by atomic mass is 9.83. The molecule has 1 spiro atoms. The van der Waals surface area contributed by atoms with E-state index < -0.39 is 23.6 Å². The maximum Gasteiger partial charge on any atom is 0.490 e. The molecule has 0 saturated carbocycles. The first-order valence-corrected chi connectivity index (χ1v) is 16.7. The molecule has 2 aliphatic rings. The van der Waals surface area contributed by atoms with Crippen molar-refractivity contribution in [2.45, 2.75) is 45.3 Å². The lowest BCUT2D eigenvalue weighted by Gasteiger charge is -2.45. The topological polar surface area (TPSA) is 153 Å². The number of aliphatic carboxylic acids is 1. The Bertz CT molecular complexity index is 1540. The number of aromatic nitrogens is 1. The van der Waals surface area contributed by atoms with Crippen LogP contribution in [0.5, 0.6) is 11.5 Å². The first kappa shape index (κ1) is 40.1. The largest absolute Gasteiger partial charge is 0.497 e. The van der Waals surface area contributed by atoms with Crippen molar-refractivity contribution in [1.82, 2.24) is 25.0 Å². The first-order chi connectivity index (χ1) is 23.8. The number of carbonyl (C=O) groups is 3. The number of likely N-dealkylation sites (tertiary alicyclic amines) is 1. The van der Waals surface area contributed by atoms with E-state index in [0.717, 1.165) is 54.0 Å². The summed E-state index contributed by atoms with van der Waals surface area (Å²) in [5.41, 5.74) is 8.18. The number of methoxy groups -OCH3 is 1. The van der Waals surface area contributed by atoms with E-state index in [2.05, 4.69) is 46.9 Å². The molecule has 5 N–H and O–H groups in total. The minimum atomic E-state index is -5.08. The van der Waals surface area contributed by atoms with E-state index in [-0.39, 0.29) is 19.0 Å². The van der Waals surface area contributed by atoms with Gasteiger partial charge in [0.2, 0.25) is 11.8 Å². The van der Waals surface area contributed by atoms with Crippen molar-refractivity contribution in [2.75, 3.05) is 72.6 Å². The van der Waals surface area contributed by atoms with Crippen LogP contribution in [0.25, 0.3) is 10.9 Å². The molecule has 12 nitrogen and oxygen atoms in total. The summed E-state index contributed by atoms with van der Waals surface area (Å²) in [6.45, 7) is 13.7. The molecule has 0 aliphatic carbocycles. The number of hydrogen-bond donors (Lipinski definition) is 4. The van der Waals surface area contributed by atoms with Gasteiger partial charge < -0.3 is 35.1 Å². The molecule has 0 radical (unpaired) electrons. The van der Waals surface area contributed by atoms with Crippen molar-refractivity contribution < 1.29 is 42.1 Å². The number of para-hydroxylation sites is 1. The average Bonchev–Trinajstić information content (AvgIpc) is 3.68. The Morgan fingerprint density at radius 3 is 2.24 bits per heavy atom. The summed E-state index contributed by atoms with van der Waals surface area (Å²) in [5, 5.41) is 11.2. The molecule has 2 aliphatic heterocycles. The lowest BCUT2D eigenvalue weighted by Crippen LogP contribution is -2.57. The number of primary amides is 1. The Hall–Kier alpha value is -4.34. The second kappa shape index (κ2) is 18.6. The van der Waals surface area contributed by atoms with Gasteiger partial charge in [0.15, 0.2) is 0 Å². The number of rotatable bonds is 12. The quantitative estimate of drug-likeness (QED) is 0.221. The van der Waals surface area contributed by atoms with E-state index in [9.17, 15) is 22.8 Å². The molecule has 0 bridgehead atoms. The van der Waals surface area contributed by atoms with E-state index in [1.54, 1.807) is 7.11 Å². The van der Waals surface area contributed by atoms with Gasteiger partial charge >= 0.3 is 12.1 Å². The van der Waals surface area contributed by atoms with Crippen molar-refractivity contribution >= 4 is 28.7 Å². The number of alkyl halides is 3. The number of hydrogen-bond acceptors (Lipinski definition) is 8. The van der Waals surface area contributed by atoms with Gasteiger partial charge in [0, 0.05) is 42.8 Å². The van der Waals surface area contributed by atoms with Crippen molar-refractivity contribution in [3.8, 4) is 11.5 Å². The first-order valence-electron chi connectivity index (χ1n) is 16.7. The van der Waals surface area contributed by atoms with Gasteiger partial charge in [-0.1, -0.05) is 39.0 Å². The van der Waals surface area contributed by atoms with Gasteiger partial charge in [-0.05, 0) is 68.4 Å². The molecule has 3 heterocycles. The van der Waals surface area contributed by atoms with Gasteiger partial charge in [0.05, 0.1) is 25.7 Å². The normalized spacial score (nSPS) is 17.1. The van der Waals surface area contributed by atoms with Crippen LogP contribution in [-0.2, 0) is 26.3 Å². The predicted molar refractivity (Wildman–Crippen MR) is 184 cm³/mol. The molecule has 5 rings (SSSR count). The molecule has 1 unspecified atom stereocenters. The van der Waals surface area contributed by atoms with Gasteiger partial charge in [0.1, 0.15) is 18.1 Å². The van der Waals surface area contributed by atoms with E-state index >= 15 is 0 Å². The minimum Gasteiger partial charge on any atom is -0.497 e. The molecular formula is C35H49F3N6O6. The lowest BCUT2D eigenvalue weighted by molar-refractivity contribution is -0.192. The monoisotopic (exact) mass is 706 g/mol. The number of carboxylic acid groups (broad SMARTS) is 1. The summed E-state index contributed by atoms with van der Waals surface area (Å²) < 4.78 is 43.1. The van der Waals surface area contributed by atoms with E-state index in [1.165, 1.54) is 25.2 Å². The zero-order valence-corrected chi connectivity index (χ0v) is 29.1. The fraction of sp³-hybridized carbons (Fsp3) is 0.514. The molecule has 50 heavy (non-hydrogen) atoms. The molecule has 2 aromatic carbocycles. The predicted octanol–water partition coefficient (Wildman–Crippen LogP) is 3.60. The second-order valence-corrected chi connectivity index (χ2v) is 11.9. The molecule has 276 valence electrons. The molecule has 15 heteroatoms. The maximum atomic E-state index is 13.4. The highest BCUT2D eigenvalue weighted by Gasteiger charge is 2.50. The molecule has 1 atom stereocenters. The SMILES string of the molecule is CCN(CC)CC.COc1ccc2[nH]c3c(c2c1)CCN(C(=O)CNCC(N)=O)C31CCN(CCOc2ccccc2)C1.O=C(O)C(F)(F)F. The molecule has 1 saturated heterocycles. The Labute approximate surface area is 290 Å². The van der Waals surface area contributed by atoms with Crippen LogP contribution in [0.3, 0.4) is 0 Å². The summed E-state index contributed by atoms with van der Waals surface area (Å²) >= 11 is 0. The second-order valence-electron chi connectivity index (χ2n) is 11.9. The number of aromatic amines is 1. The number of nitrogens with one attached hydrogen (secondary N) is 2. The van der Waals surface area contributed by atoms with Crippen LogP contribution in [0.1, 0.15) is 38.4 Å². The standard InChI is InChI=1S/C27H33N5O4.C6H15N.C2HF3O2/c1-35-20-7-8-23-22(15-20)21-9-11-32(25(34)17-29-16-24(28)33)27(26(21)30-23)10-12-31(18-27)13-14-36-19-5-3-2-4-6-19;1-4-7(5-2)6-3;3-2(4,5)1(6)7/h2-8,15,29-30H,9-14,16-18H2,1H3,(H2,28,33);4-6H2,1-3H3;(H,6,7). The van der Waals surface area contributed by atoms with Gasteiger partial charge in [-0.15, -0.1) is 0 Å². The Morgan fingerprint density at radius 2 is 1.68 bits per heavy atom. The number of amides is 2. The highest BCUT2D eigenvalue weighted by atomic mass is 19.4. The molecular weight excluding hydrogens is 657 g/mol. The summed E-state index contributed by atoms with van der Waals surface area (Å²) in [4.78, 5) is 43.9. The number of nitrogens with two attached hydrogens (primary N) is 1. The number of nitrogens with zero attached hydrogens (tertiary/aromatic N) is 3. The van der Waals surface area contributed by atoms with Crippen molar-refractivity contribution in [3.05, 3.63) is 59.8 Å². The fourth-order valence-corrected chi connectivity index (χ4v) is 6.30. The third-order valence-corrected chi connectivity index (χ3v) is 8.89. The number of fused-ring (bicyclic) bond motifs is 4. The van der Waals surface area contributed by atoms with Crippen molar-refractivity contribution in [1.29, 1.82) is 0 Å². The van der Waals surface area contributed by atoms with Crippen molar-refractivity contribution in [3.63, 3.8) is 0 Å². The fourth-order valence-electron chi connectivity index (χ4n) is 6.30. The summed E-state index contributed by atoms with van der Waals surface area (Å²) in [5.74, 6) is -1.59. The average molecular weight is 707 g/mol. The molecule has 1 fully saturated rings.